The van der Waals surface area contributed by atoms with Crippen LogP contribution in [0.5, 0.6) is 0 Å². The largest absolute Gasteiger partial charge is 0.309 e. The van der Waals surface area contributed by atoms with E-state index < -0.39 is 0 Å². The molecule has 1 nitrogen and oxygen atoms in total. The molecule has 0 aliphatic carbocycles. The quantitative estimate of drug-likeness (QED) is 0.247. The summed E-state index contributed by atoms with van der Waals surface area (Å²) in [5, 5.41) is 10.5. The fourth-order valence-electron chi connectivity index (χ4n) is 5.28. The lowest BCUT2D eigenvalue weighted by Gasteiger charge is -2.13. The molecule has 0 fully saturated rings. The molecule has 6 aromatic carbocycles. The Bertz CT molecular complexity index is 1770. The lowest BCUT2D eigenvalue weighted by Crippen LogP contribution is -1.94. The predicted molar refractivity (Wildman–Crippen MR) is 133 cm³/mol. The van der Waals surface area contributed by atoms with E-state index in [1.165, 1.54) is 59.8 Å². The van der Waals surface area contributed by atoms with Gasteiger partial charge in [-0.25, -0.2) is 0 Å². The molecule has 144 valence electrons. The summed E-state index contributed by atoms with van der Waals surface area (Å²) < 4.78 is 2.44. The summed E-state index contributed by atoms with van der Waals surface area (Å²) in [6.07, 6.45) is 0. The molecule has 1 aromatic heterocycles. The number of nitrogens with zero attached hydrogens (tertiary/aromatic N) is 1. The average molecular weight is 393 g/mol. The summed E-state index contributed by atoms with van der Waals surface area (Å²) in [6, 6.07) is 41.7. The molecule has 1 heterocycles. The van der Waals surface area contributed by atoms with E-state index in [0.717, 1.165) is 0 Å². The number of fused-ring (bicyclic) bond motifs is 10. The SMILES string of the molecule is c1ccc(-n2c3ccccc3c3c4c5ccccc5ccc4c4ccccc4c32)cc1. The van der Waals surface area contributed by atoms with Crippen LogP contribution in [0.2, 0.25) is 0 Å². The number of hydrogen-bond donors (Lipinski definition) is 0. The molecule has 0 bridgehead atoms. The van der Waals surface area contributed by atoms with E-state index in [-0.39, 0.29) is 0 Å². The Morgan fingerprint density at radius 3 is 1.87 bits per heavy atom. The van der Waals surface area contributed by atoms with Crippen molar-refractivity contribution < 1.29 is 0 Å². The van der Waals surface area contributed by atoms with Crippen LogP contribution in [-0.2, 0) is 0 Å². The van der Waals surface area contributed by atoms with Gasteiger partial charge in [0, 0.05) is 27.2 Å². The van der Waals surface area contributed by atoms with Crippen molar-refractivity contribution >= 4 is 54.1 Å². The Hall–Kier alpha value is -4.10. The van der Waals surface area contributed by atoms with Gasteiger partial charge in [-0.2, -0.15) is 0 Å². The maximum atomic E-state index is 2.44. The fraction of sp³-hybridized carbons (Fsp3) is 0. The van der Waals surface area contributed by atoms with Crippen LogP contribution in [-0.4, -0.2) is 4.57 Å². The van der Waals surface area contributed by atoms with Crippen LogP contribution in [0.15, 0.2) is 115 Å². The van der Waals surface area contributed by atoms with Gasteiger partial charge in [-0.05, 0) is 39.7 Å². The summed E-state index contributed by atoms with van der Waals surface area (Å²) in [4.78, 5) is 0. The van der Waals surface area contributed by atoms with Crippen LogP contribution in [0.1, 0.15) is 0 Å². The van der Waals surface area contributed by atoms with Crippen LogP contribution in [0, 0.1) is 0 Å². The van der Waals surface area contributed by atoms with E-state index in [1.54, 1.807) is 0 Å². The minimum Gasteiger partial charge on any atom is -0.309 e. The number of rotatable bonds is 1. The first kappa shape index (κ1) is 16.7. The zero-order valence-corrected chi connectivity index (χ0v) is 16.9. The molecule has 1 heteroatoms. The summed E-state index contributed by atoms with van der Waals surface area (Å²) in [7, 11) is 0. The zero-order valence-electron chi connectivity index (χ0n) is 16.9. The molecule has 0 atom stereocenters. The van der Waals surface area contributed by atoms with Gasteiger partial charge in [0.1, 0.15) is 0 Å². The molecule has 31 heavy (non-hydrogen) atoms. The minimum absolute atomic E-state index is 1.19. The Balaban J connectivity index is 1.90. The van der Waals surface area contributed by atoms with Crippen molar-refractivity contribution in [3.63, 3.8) is 0 Å². The first-order valence-corrected chi connectivity index (χ1v) is 10.7. The van der Waals surface area contributed by atoms with Crippen molar-refractivity contribution in [3.8, 4) is 5.69 Å². The molecule has 0 saturated heterocycles. The van der Waals surface area contributed by atoms with E-state index in [9.17, 15) is 0 Å². The molecular weight excluding hydrogens is 374 g/mol. The first-order chi connectivity index (χ1) is 15.4. The minimum atomic E-state index is 1.19. The van der Waals surface area contributed by atoms with Gasteiger partial charge in [0.05, 0.1) is 11.0 Å². The highest BCUT2D eigenvalue weighted by atomic mass is 15.0. The van der Waals surface area contributed by atoms with Crippen LogP contribution >= 0.6 is 0 Å². The molecule has 7 rings (SSSR count). The van der Waals surface area contributed by atoms with Crippen molar-refractivity contribution in [2.24, 2.45) is 0 Å². The third kappa shape index (κ3) is 2.21. The molecular formula is C30H19N. The van der Waals surface area contributed by atoms with E-state index in [0.29, 0.717) is 0 Å². The molecule has 0 radical (unpaired) electrons. The second kappa shape index (κ2) is 6.20. The number of benzene rings is 6. The molecule has 0 N–H and O–H groups in total. The third-order valence-electron chi connectivity index (χ3n) is 6.54. The summed E-state index contributed by atoms with van der Waals surface area (Å²) >= 11 is 0. The summed E-state index contributed by atoms with van der Waals surface area (Å²) in [5.41, 5.74) is 3.72. The van der Waals surface area contributed by atoms with Crippen molar-refractivity contribution in [1.82, 2.24) is 4.57 Å². The van der Waals surface area contributed by atoms with Crippen LogP contribution < -0.4 is 0 Å². The maximum absolute atomic E-state index is 2.44. The second-order valence-electron chi connectivity index (χ2n) is 8.17. The monoisotopic (exact) mass is 393 g/mol. The van der Waals surface area contributed by atoms with Gasteiger partial charge in [0.25, 0.3) is 0 Å². The number of aromatic nitrogens is 1. The molecule has 0 unspecified atom stereocenters. The van der Waals surface area contributed by atoms with E-state index >= 15 is 0 Å². The Morgan fingerprint density at radius 2 is 1.03 bits per heavy atom. The predicted octanol–water partition coefficient (Wildman–Crippen LogP) is 8.24. The second-order valence-corrected chi connectivity index (χ2v) is 8.17. The lowest BCUT2D eigenvalue weighted by molar-refractivity contribution is 1.19. The van der Waals surface area contributed by atoms with Gasteiger partial charge in [-0.1, -0.05) is 97.1 Å². The molecule has 0 spiro atoms. The Morgan fingerprint density at radius 1 is 0.387 bits per heavy atom. The topological polar surface area (TPSA) is 4.93 Å². The van der Waals surface area contributed by atoms with Gasteiger partial charge in [0.2, 0.25) is 0 Å². The summed E-state index contributed by atoms with van der Waals surface area (Å²) in [5.74, 6) is 0. The molecule has 0 saturated carbocycles. The Kier molecular flexibility index (Phi) is 3.33. The first-order valence-electron chi connectivity index (χ1n) is 10.7. The normalized spacial score (nSPS) is 11.9. The lowest BCUT2D eigenvalue weighted by atomic mass is 9.93. The van der Waals surface area contributed by atoms with Crippen molar-refractivity contribution in [2.75, 3.05) is 0 Å². The highest BCUT2D eigenvalue weighted by Crippen LogP contribution is 2.44. The van der Waals surface area contributed by atoms with E-state index in [4.69, 9.17) is 0 Å². The zero-order chi connectivity index (χ0) is 20.4. The van der Waals surface area contributed by atoms with Crippen molar-refractivity contribution in [3.05, 3.63) is 115 Å². The highest BCUT2D eigenvalue weighted by Gasteiger charge is 2.19. The van der Waals surface area contributed by atoms with Crippen molar-refractivity contribution in [2.45, 2.75) is 0 Å². The maximum Gasteiger partial charge on any atom is 0.0626 e. The van der Waals surface area contributed by atoms with Gasteiger partial charge in [-0.15, -0.1) is 0 Å². The summed E-state index contributed by atoms with van der Waals surface area (Å²) in [6.45, 7) is 0. The van der Waals surface area contributed by atoms with Gasteiger partial charge in [-0.3, -0.25) is 0 Å². The standard InChI is InChI=1S/C30H19N/c1-2-11-21(12-3-1)31-27-17-9-8-16-26(27)29-28-22-13-5-4-10-20(22)18-19-24(28)23-14-6-7-15-25(23)30(29)31/h1-19H. The third-order valence-corrected chi connectivity index (χ3v) is 6.54. The number of para-hydroxylation sites is 2. The van der Waals surface area contributed by atoms with Gasteiger partial charge >= 0.3 is 0 Å². The molecule has 0 aliphatic rings. The highest BCUT2D eigenvalue weighted by molar-refractivity contribution is 6.36. The molecule has 0 amide bonds. The fourth-order valence-corrected chi connectivity index (χ4v) is 5.28. The molecule has 0 aliphatic heterocycles. The van der Waals surface area contributed by atoms with E-state index in [1.807, 2.05) is 0 Å². The van der Waals surface area contributed by atoms with Crippen LogP contribution in [0.3, 0.4) is 0 Å². The Labute approximate surface area is 179 Å². The van der Waals surface area contributed by atoms with Gasteiger partial charge < -0.3 is 4.57 Å². The smallest absolute Gasteiger partial charge is 0.0626 e. The van der Waals surface area contributed by atoms with Crippen LogP contribution in [0.4, 0.5) is 0 Å². The van der Waals surface area contributed by atoms with Crippen LogP contribution in [0.25, 0.3) is 59.8 Å². The molecule has 7 aromatic rings. The van der Waals surface area contributed by atoms with Crippen molar-refractivity contribution in [1.29, 1.82) is 0 Å². The van der Waals surface area contributed by atoms with E-state index in [2.05, 4.69) is 120 Å². The van der Waals surface area contributed by atoms with Gasteiger partial charge in [0.15, 0.2) is 0 Å². The average Bonchev–Trinajstić information content (AvgIpc) is 3.20. The number of hydrogen-bond acceptors (Lipinski definition) is 0.